The molecule has 1 atom stereocenters. The van der Waals surface area contributed by atoms with Gasteiger partial charge in [0.25, 0.3) is 0 Å². The molecule has 0 rings (SSSR count). The van der Waals surface area contributed by atoms with Gasteiger partial charge < -0.3 is 5.41 Å². The Morgan fingerprint density at radius 2 is 2.00 bits per heavy atom. The average molecular weight is 139 g/mol. The largest absolute Gasteiger partial charge is 0.306 e. The van der Waals surface area contributed by atoms with Crippen molar-refractivity contribution in [2.24, 2.45) is 5.92 Å². The second-order valence-corrected chi connectivity index (χ2v) is 2.88. The Balaban J connectivity index is 4.04. The molecule has 0 aromatic heterocycles. The van der Waals surface area contributed by atoms with E-state index in [1.165, 1.54) is 5.57 Å². The summed E-state index contributed by atoms with van der Waals surface area (Å²) >= 11 is 0. The van der Waals surface area contributed by atoms with Crippen molar-refractivity contribution in [3.05, 3.63) is 11.6 Å². The van der Waals surface area contributed by atoms with Gasteiger partial charge in [0.2, 0.25) is 0 Å². The summed E-state index contributed by atoms with van der Waals surface area (Å²) in [6.07, 6.45) is 3.10. The van der Waals surface area contributed by atoms with Gasteiger partial charge in [-0.2, -0.15) is 0 Å². The van der Waals surface area contributed by atoms with Gasteiger partial charge in [-0.3, -0.25) is 0 Å². The van der Waals surface area contributed by atoms with Crippen LogP contribution in [0.5, 0.6) is 0 Å². The zero-order valence-corrected chi connectivity index (χ0v) is 7.36. The minimum absolute atomic E-state index is 0.625. The molecule has 58 valence electrons. The zero-order chi connectivity index (χ0) is 8.15. The van der Waals surface area contributed by atoms with Gasteiger partial charge >= 0.3 is 0 Å². The Labute approximate surface area is 63.7 Å². The van der Waals surface area contributed by atoms with E-state index in [0.29, 0.717) is 11.6 Å². The Morgan fingerprint density at radius 3 is 2.30 bits per heavy atom. The molecule has 0 saturated carbocycles. The molecule has 1 unspecified atom stereocenters. The highest BCUT2D eigenvalue weighted by molar-refractivity contribution is 5.90. The lowest BCUT2D eigenvalue weighted by Gasteiger charge is -2.07. The van der Waals surface area contributed by atoms with Crippen LogP contribution in [0.2, 0.25) is 0 Å². The predicted molar refractivity (Wildman–Crippen MR) is 46.6 cm³/mol. The lowest BCUT2D eigenvalue weighted by molar-refractivity contribution is 0.656. The van der Waals surface area contributed by atoms with Crippen molar-refractivity contribution < 1.29 is 0 Å². The summed E-state index contributed by atoms with van der Waals surface area (Å²) in [7, 11) is 0. The smallest absolute Gasteiger partial charge is 0.0282 e. The molecule has 1 nitrogen and oxygen atoms in total. The quantitative estimate of drug-likeness (QED) is 0.581. The third kappa shape index (κ3) is 3.44. The van der Waals surface area contributed by atoms with Crippen LogP contribution in [-0.2, 0) is 0 Å². The highest BCUT2D eigenvalue weighted by Crippen LogP contribution is 2.12. The first-order valence-corrected chi connectivity index (χ1v) is 3.81. The zero-order valence-electron chi connectivity index (χ0n) is 7.36. The fraction of sp³-hybridized carbons (Fsp3) is 0.667. The molecule has 0 radical (unpaired) electrons. The maximum Gasteiger partial charge on any atom is 0.0282 e. The van der Waals surface area contributed by atoms with Crippen molar-refractivity contribution in [1.82, 2.24) is 0 Å². The second kappa shape index (κ2) is 4.26. The lowest BCUT2D eigenvalue weighted by atomic mass is 9.99. The van der Waals surface area contributed by atoms with Crippen LogP contribution in [0.4, 0.5) is 0 Å². The Hall–Kier alpha value is -0.590. The molecule has 0 spiro atoms. The predicted octanol–water partition coefficient (Wildman–Crippen LogP) is 3.02. The van der Waals surface area contributed by atoms with Crippen LogP contribution in [0, 0.1) is 11.3 Å². The molecule has 0 amide bonds. The van der Waals surface area contributed by atoms with Gasteiger partial charge in [0.1, 0.15) is 0 Å². The van der Waals surface area contributed by atoms with Crippen LogP contribution in [0.25, 0.3) is 0 Å². The maximum absolute atomic E-state index is 7.22. The van der Waals surface area contributed by atoms with Gasteiger partial charge in [0, 0.05) is 5.71 Å². The van der Waals surface area contributed by atoms with Gasteiger partial charge in [-0.25, -0.2) is 0 Å². The number of nitrogens with one attached hydrogen (secondary N) is 1. The summed E-state index contributed by atoms with van der Waals surface area (Å²) in [5.74, 6) is 0.625. The Morgan fingerprint density at radius 1 is 1.50 bits per heavy atom. The molecule has 10 heavy (non-hydrogen) atoms. The molecule has 0 aliphatic rings. The molecule has 0 aliphatic heterocycles. The van der Waals surface area contributed by atoms with Crippen LogP contribution in [0.3, 0.4) is 0 Å². The summed E-state index contributed by atoms with van der Waals surface area (Å²) in [6, 6.07) is 0. The highest BCUT2D eigenvalue weighted by Gasteiger charge is 1.99. The molecule has 0 fully saturated rings. The topological polar surface area (TPSA) is 23.9 Å². The molecule has 0 aromatic rings. The van der Waals surface area contributed by atoms with Crippen molar-refractivity contribution in [2.45, 2.75) is 34.1 Å². The van der Waals surface area contributed by atoms with E-state index in [0.717, 1.165) is 6.42 Å². The number of hydrogen-bond donors (Lipinski definition) is 1. The van der Waals surface area contributed by atoms with Gasteiger partial charge in [0.05, 0.1) is 0 Å². The van der Waals surface area contributed by atoms with Gasteiger partial charge in [-0.15, -0.1) is 0 Å². The maximum atomic E-state index is 7.22. The van der Waals surface area contributed by atoms with E-state index in [9.17, 15) is 0 Å². The lowest BCUT2D eigenvalue weighted by Crippen LogP contribution is -1.95. The fourth-order valence-corrected chi connectivity index (χ4v) is 0.806. The van der Waals surface area contributed by atoms with Crippen LogP contribution >= 0.6 is 0 Å². The molecular weight excluding hydrogens is 122 g/mol. The molecule has 0 saturated heterocycles. The van der Waals surface area contributed by atoms with Crippen LogP contribution in [-0.4, -0.2) is 5.71 Å². The van der Waals surface area contributed by atoms with E-state index >= 15 is 0 Å². The first-order chi connectivity index (χ1) is 4.57. The molecule has 1 N–H and O–H groups in total. The van der Waals surface area contributed by atoms with Crippen LogP contribution < -0.4 is 0 Å². The van der Waals surface area contributed by atoms with Crippen LogP contribution in [0.1, 0.15) is 34.1 Å². The molecule has 0 bridgehead atoms. The minimum Gasteiger partial charge on any atom is -0.306 e. The van der Waals surface area contributed by atoms with Crippen molar-refractivity contribution >= 4 is 5.71 Å². The minimum atomic E-state index is 0.625. The summed E-state index contributed by atoms with van der Waals surface area (Å²) in [4.78, 5) is 0. The average Bonchev–Trinajstić information content (AvgIpc) is 1.85. The monoisotopic (exact) mass is 139 g/mol. The highest BCUT2D eigenvalue weighted by atomic mass is 14.4. The standard InChI is InChI=1S/C9H17N/c1-5-7(2)8(3)6-9(4)10/h6-7,10H,5H2,1-4H3/b8-6-,10-9?. The van der Waals surface area contributed by atoms with Crippen molar-refractivity contribution in [2.75, 3.05) is 0 Å². The van der Waals surface area contributed by atoms with Crippen molar-refractivity contribution in [3.63, 3.8) is 0 Å². The normalized spacial score (nSPS) is 15.0. The van der Waals surface area contributed by atoms with Gasteiger partial charge in [0.15, 0.2) is 0 Å². The first-order valence-electron chi connectivity index (χ1n) is 3.81. The molecular formula is C9H17N. The summed E-state index contributed by atoms with van der Waals surface area (Å²) in [5.41, 5.74) is 1.97. The van der Waals surface area contributed by atoms with Gasteiger partial charge in [-0.05, 0) is 32.3 Å². The van der Waals surface area contributed by atoms with E-state index in [1.54, 1.807) is 0 Å². The molecule has 1 heteroatoms. The second-order valence-electron chi connectivity index (χ2n) is 2.88. The number of allylic oxidation sites excluding steroid dienone is 2. The van der Waals surface area contributed by atoms with E-state index < -0.39 is 0 Å². The summed E-state index contributed by atoms with van der Waals surface area (Å²) in [6.45, 7) is 8.26. The third-order valence-corrected chi connectivity index (χ3v) is 1.83. The molecule has 0 heterocycles. The Bertz CT molecular complexity index is 145. The van der Waals surface area contributed by atoms with Crippen LogP contribution in [0.15, 0.2) is 11.6 Å². The Kier molecular flexibility index (Phi) is 4.01. The van der Waals surface area contributed by atoms with Crippen molar-refractivity contribution in [1.29, 1.82) is 5.41 Å². The first kappa shape index (κ1) is 9.41. The van der Waals surface area contributed by atoms with E-state index in [4.69, 9.17) is 5.41 Å². The summed E-state index contributed by atoms with van der Waals surface area (Å²) in [5, 5.41) is 7.22. The summed E-state index contributed by atoms with van der Waals surface area (Å²) < 4.78 is 0. The fourth-order valence-electron chi connectivity index (χ4n) is 0.806. The van der Waals surface area contributed by atoms with E-state index in [1.807, 2.05) is 13.0 Å². The number of rotatable bonds is 3. The van der Waals surface area contributed by atoms with Crippen molar-refractivity contribution in [3.8, 4) is 0 Å². The van der Waals surface area contributed by atoms with E-state index in [2.05, 4.69) is 20.8 Å². The molecule has 0 aliphatic carbocycles. The molecule has 0 aromatic carbocycles. The number of hydrogen-bond acceptors (Lipinski definition) is 1. The SMILES string of the molecule is CCC(C)/C(C)=C\C(C)=N. The van der Waals surface area contributed by atoms with Gasteiger partial charge in [-0.1, -0.05) is 19.4 Å². The third-order valence-electron chi connectivity index (χ3n) is 1.83. The van der Waals surface area contributed by atoms with E-state index in [-0.39, 0.29) is 0 Å².